The van der Waals surface area contributed by atoms with Gasteiger partial charge in [-0.05, 0) is 37.8 Å². The normalized spacial score (nSPS) is 18.0. The Morgan fingerprint density at radius 3 is 2.86 bits per heavy atom. The number of carboxylic acids is 1. The Morgan fingerprint density at radius 2 is 2.10 bits per heavy atom. The van der Waals surface area contributed by atoms with Gasteiger partial charge < -0.3 is 10.8 Å². The van der Waals surface area contributed by atoms with Crippen LogP contribution in [0.4, 0.5) is 4.39 Å². The van der Waals surface area contributed by atoms with Crippen molar-refractivity contribution in [1.29, 1.82) is 0 Å². The second-order valence-corrected chi connectivity index (χ2v) is 6.87. The minimum atomic E-state index is -1.07. The molecule has 1 aliphatic carbocycles. The topological polar surface area (TPSA) is 140 Å². The van der Waals surface area contributed by atoms with Gasteiger partial charge in [0.15, 0.2) is 0 Å². The van der Waals surface area contributed by atoms with E-state index < -0.39 is 23.7 Å². The Morgan fingerprint density at radius 1 is 1.34 bits per heavy atom. The highest BCUT2D eigenvalue weighted by Crippen LogP contribution is 2.26. The standard InChI is InChI=1S/C19H23FN6O3/c20-12-4-3-7-17(23-11-12)25-9-8-13(24-25)10-15(21)18(27)26(22)16-6-2-1-5-14(16)19(28)29/h3-4,8-9,11,15H,1-2,5-7,10,21-22H2,(H,28,29). The van der Waals surface area contributed by atoms with Gasteiger partial charge in [0.25, 0.3) is 5.91 Å². The molecule has 0 saturated heterocycles. The third-order valence-corrected chi connectivity index (χ3v) is 4.79. The van der Waals surface area contributed by atoms with Crippen LogP contribution >= 0.6 is 0 Å². The van der Waals surface area contributed by atoms with Gasteiger partial charge in [0.1, 0.15) is 11.7 Å². The molecule has 1 aliphatic heterocycles. The van der Waals surface area contributed by atoms with Gasteiger partial charge in [0.2, 0.25) is 0 Å². The summed E-state index contributed by atoms with van der Waals surface area (Å²) in [6.07, 6.45) is 8.55. The average molecular weight is 402 g/mol. The Balaban J connectivity index is 1.70. The summed E-state index contributed by atoms with van der Waals surface area (Å²) >= 11 is 0. The summed E-state index contributed by atoms with van der Waals surface area (Å²) in [5, 5.41) is 14.6. The maximum atomic E-state index is 13.2. The van der Waals surface area contributed by atoms with E-state index in [1.165, 1.54) is 10.8 Å². The molecule has 2 aliphatic rings. The number of halogens is 1. The highest BCUT2D eigenvalue weighted by Gasteiger charge is 2.28. The van der Waals surface area contributed by atoms with Crippen LogP contribution in [0.15, 0.2) is 52.7 Å². The predicted molar refractivity (Wildman–Crippen MR) is 104 cm³/mol. The molecule has 1 aromatic rings. The number of carbonyl (C=O) groups is 2. The Labute approximate surface area is 166 Å². The molecule has 1 aromatic heterocycles. The number of amides is 1. The number of aliphatic carboxylic acids is 1. The smallest absolute Gasteiger partial charge is 0.333 e. The van der Waals surface area contributed by atoms with E-state index in [2.05, 4.69) is 10.1 Å². The minimum Gasteiger partial charge on any atom is -0.478 e. The van der Waals surface area contributed by atoms with Crippen LogP contribution < -0.4 is 11.6 Å². The zero-order chi connectivity index (χ0) is 21.0. The van der Waals surface area contributed by atoms with E-state index in [9.17, 15) is 19.1 Å². The highest BCUT2D eigenvalue weighted by atomic mass is 19.1. The van der Waals surface area contributed by atoms with E-state index in [-0.39, 0.29) is 12.0 Å². The molecule has 9 nitrogen and oxygen atoms in total. The van der Waals surface area contributed by atoms with Crippen molar-refractivity contribution in [3.8, 4) is 0 Å². The maximum Gasteiger partial charge on any atom is 0.333 e. The first-order valence-electron chi connectivity index (χ1n) is 9.30. The molecule has 0 spiro atoms. The summed E-state index contributed by atoms with van der Waals surface area (Å²) in [6, 6.07) is 0.703. The Hall–Kier alpha value is -3.11. The van der Waals surface area contributed by atoms with Crippen molar-refractivity contribution < 1.29 is 19.1 Å². The van der Waals surface area contributed by atoms with E-state index in [0.717, 1.165) is 24.1 Å². The number of hydrogen-bond donors (Lipinski definition) is 3. The van der Waals surface area contributed by atoms with E-state index in [0.29, 0.717) is 36.5 Å². The second kappa shape index (κ2) is 8.93. The molecule has 3 rings (SSSR count). The van der Waals surface area contributed by atoms with Gasteiger partial charge in [-0.2, -0.15) is 5.10 Å². The minimum absolute atomic E-state index is 0.114. The van der Waals surface area contributed by atoms with Crippen molar-refractivity contribution in [3.63, 3.8) is 0 Å². The fraction of sp³-hybridized carbons (Fsp3) is 0.368. The molecule has 0 fully saturated rings. The molecule has 10 heteroatoms. The number of aromatic nitrogens is 2. The van der Waals surface area contributed by atoms with Crippen LogP contribution in [-0.2, 0) is 16.0 Å². The molecule has 1 unspecified atom stereocenters. The number of carboxylic acid groups (broad SMARTS) is 1. The van der Waals surface area contributed by atoms with Gasteiger partial charge in [0.05, 0.1) is 23.5 Å². The lowest BCUT2D eigenvalue weighted by Crippen LogP contribution is -2.48. The van der Waals surface area contributed by atoms with E-state index in [4.69, 9.17) is 11.6 Å². The SMILES string of the molecule is NC(Cc1ccn(C2=NC=C(F)C=CC2)n1)C(=O)N(N)C1=C(C(=O)O)CCCC1. The van der Waals surface area contributed by atoms with Gasteiger partial charge in [-0.1, -0.05) is 6.08 Å². The van der Waals surface area contributed by atoms with Crippen molar-refractivity contribution in [2.45, 2.75) is 44.6 Å². The number of nitrogens with two attached hydrogens (primary N) is 2. The number of nitrogens with zero attached hydrogens (tertiary/aromatic N) is 4. The molecule has 0 radical (unpaired) electrons. The summed E-state index contributed by atoms with van der Waals surface area (Å²) in [4.78, 5) is 28.1. The van der Waals surface area contributed by atoms with Crippen LogP contribution in [-0.4, -0.2) is 43.6 Å². The van der Waals surface area contributed by atoms with Gasteiger partial charge in [0, 0.05) is 24.7 Å². The molecular weight excluding hydrogens is 379 g/mol. The monoisotopic (exact) mass is 402 g/mol. The van der Waals surface area contributed by atoms with Crippen LogP contribution in [0.3, 0.4) is 0 Å². The zero-order valence-corrected chi connectivity index (χ0v) is 15.8. The first-order valence-corrected chi connectivity index (χ1v) is 9.30. The van der Waals surface area contributed by atoms with E-state index >= 15 is 0 Å². The number of hydrogen-bond acceptors (Lipinski definition) is 6. The van der Waals surface area contributed by atoms with Crippen molar-refractivity contribution in [3.05, 3.63) is 53.4 Å². The molecule has 2 heterocycles. The summed E-state index contributed by atoms with van der Waals surface area (Å²) in [5.74, 6) is 4.35. The van der Waals surface area contributed by atoms with Crippen molar-refractivity contribution in [2.75, 3.05) is 0 Å². The van der Waals surface area contributed by atoms with Crippen molar-refractivity contribution in [2.24, 2.45) is 16.6 Å². The highest BCUT2D eigenvalue weighted by molar-refractivity contribution is 5.90. The third-order valence-electron chi connectivity index (χ3n) is 4.79. The molecule has 154 valence electrons. The van der Waals surface area contributed by atoms with Gasteiger partial charge in [-0.3, -0.25) is 9.80 Å². The first kappa shape index (κ1) is 20.6. The molecule has 1 atom stereocenters. The molecule has 1 amide bonds. The zero-order valence-electron chi connectivity index (χ0n) is 15.8. The number of aliphatic imine (C=N–C) groups is 1. The van der Waals surface area contributed by atoms with Crippen LogP contribution in [0, 0.1) is 0 Å². The molecule has 29 heavy (non-hydrogen) atoms. The first-order chi connectivity index (χ1) is 13.9. The fourth-order valence-electron chi connectivity index (χ4n) is 3.29. The van der Waals surface area contributed by atoms with Crippen LogP contribution in [0.25, 0.3) is 0 Å². The van der Waals surface area contributed by atoms with E-state index in [1.807, 2.05) is 0 Å². The average Bonchev–Trinajstić information content (AvgIpc) is 3.06. The van der Waals surface area contributed by atoms with Crippen molar-refractivity contribution in [1.82, 2.24) is 14.8 Å². The number of allylic oxidation sites excluding steroid dienone is 4. The summed E-state index contributed by atoms with van der Waals surface area (Å²) in [5.41, 5.74) is 7.02. The molecule has 0 aromatic carbocycles. The lowest BCUT2D eigenvalue weighted by Gasteiger charge is -2.27. The second-order valence-electron chi connectivity index (χ2n) is 6.87. The Kier molecular flexibility index (Phi) is 6.35. The summed E-state index contributed by atoms with van der Waals surface area (Å²) < 4.78 is 14.7. The molecule has 0 bridgehead atoms. The largest absolute Gasteiger partial charge is 0.478 e. The van der Waals surface area contributed by atoms with Gasteiger partial charge >= 0.3 is 5.97 Å². The molecular formula is C19H23FN6O3. The van der Waals surface area contributed by atoms with E-state index in [1.54, 1.807) is 18.3 Å². The van der Waals surface area contributed by atoms with Crippen molar-refractivity contribution >= 4 is 17.7 Å². The Bertz CT molecular complexity index is 930. The fourth-order valence-corrected chi connectivity index (χ4v) is 3.29. The summed E-state index contributed by atoms with van der Waals surface area (Å²) in [7, 11) is 0. The third kappa shape index (κ3) is 4.84. The lowest BCUT2D eigenvalue weighted by atomic mass is 9.95. The van der Waals surface area contributed by atoms with Crippen LogP contribution in [0.5, 0.6) is 0 Å². The number of carbonyl (C=O) groups excluding carboxylic acids is 1. The lowest BCUT2D eigenvalue weighted by molar-refractivity contribution is -0.133. The summed E-state index contributed by atoms with van der Waals surface area (Å²) in [6.45, 7) is 0. The molecule has 0 saturated carbocycles. The number of hydrazine groups is 1. The van der Waals surface area contributed by atoms with Crippen LogP contribution in [0.1, 0.15) is 37.8 Å². The van der Waals surface area contributed by atoms with Gasteiger partial charge in [-0.25, -0.2) is 24.7 Å². The maximum absolute atomic E-state index is 13.2. The quantitative estimate of drug-likeness (QED) is 0.386. The van der Waals surface area contributed by atoms with Crippen LogP contribution in [0.2, 0.25) is 0 Å². The number of rotatable bonds is 5. The molecule has 5 N–H and O–H groups in total. The van der Waals surface area contributed by atoms with Gasteiger partial charge in [-0.15, -0.1) is 0 Å². The predicted octanol–water partition coefficient (Wildman–Crippen LogP) is 1.39.